The Bertz CT molecular complexity index is 2390. The molecule has 1 unspecified atom stereocenters. The predicted octanol–water partition coefficient (Wildman–Crippen LogP) is 5.37. The van der Waals surface area contributed by atoms with E-state index in [1.807, 2.05) is 65.6 Å². The molecule has 0 saturated carbocycles. The number of amides is 5. The third kappa shape index (κ3) is 7.32. The number of hydrogen-bond acceptors (Lipinski definition) is 9. The van der Waals surface area contributed by atoms with Gasteiger partial charge in [0, 0.05) is 60.8 Å². The van der Waals surface area contributed by atoms with Crippen molar-refractivity contribution in [3.05, 3.63) is 95.6 Å². The maximum Gasteiger partial charge on any atom is 0.262 e. The van der Waals surface area contributed by atoms with Gasteiger partial charge in [0.2, 0.25) is 11.8 Å². The number of anilines is 2. The van der Waals surface area contributed by atoms with E-state index in [0.717, 1.165) is 90.6 Å². The lowest BCUT2D eigenvalue weighted by Crippen LogP contribution is -2.54. The Kier molecular flexibility index (Phi) is 9.65. The zero-order valence-corrected chi connectivity index (χ0v) is 31.9. The highest BCUT2D eigenvalue weighted by Crippen LogP contribution is 2.33. The summed E-state index contributed by atoms with van der Waals surface area (Å²) >= 11 is 0. The van der Waals surface area contributed by atoms with Gasteiger partial charge in [-0.05, 0) is 112 Å². The van der Waals surface area contributed by atoms with Crippen LogP contribution < -0.4 is 15.5 Å². The van der Waals surface area contributed by atoms with E-state index in [1.165, 1.54) is 12.8 Å². The lowest BCUT2D eigenvalue weighted by Gasteiger charge is -2.33. The zero-order chi connectivity index (χ0) is 39.2. The van der Waals surface area contributed by atoms with Crippen molar-refractivity contribution in [1.82, 2.24) is 34.9 Å². The Morgan fingerprint density at radius 2 is 1.68 bits per heavy atom. The number of aromatic amines is 1. The molecule has 3 saturated heterocycles. The number of aryl methyl sites for hydroxylation is 1. The normalized spacial score (nSPS) is 20.4. The van der Waals surface area contributed by atoms with Crippen molar-refractivity contribution < 1.29 is 24.0 Å². The molecule has 0 spiro atoms. The first-order valence-electron chi connectivity index (χ1n) is 19.9. The Labute approximate surface area is 329 Å². The van der Waals surface area contributed by atoms with Crippen molar-refractivity contribution in [2.24, 2.45) is 5.92 Å². The van der Waals surface area contributed by atoms with E-state index in [1.54, 1.807) is 12.1 Å². The highest BCUT2D eigenvalue weighted by Gasteiger charge is 2.44. The fourth-order valence-electron chi connectivity index (χ4n) is 8.74. The lowest BCUT2D eigenvalue weighted by atomic mass is 9.93. The average molecular weight is 768 g/mol. The van der Waals surface area contributed by atoms with Crippen LogP contribution in [0.5, 0.6) is 0 Å². The highest BCUT2D eigenvalue weighted by molar-refractivity contribution is 6.23. The fourth-order valence-corrected chi connectivity index (χ4v) is 8.74. The summed E-state index contributed by atoms with van der Waals surface area (Å²) in [6.45, 7) is 6.59. The quantitative estimate of drug-likeness (QED) is 0.159. The standard InChI is InChI=1S/C43H45N9O5/c1-26-3-2-17-50(26)25-38-46-35-11-8-31(21-36(35)47-38)45-40(54)29-6-4-28(5-7-29)30-23-44-51(24-30)20-16-27-14-18-49(19-15-27)32-9-10-33-34(22-32)43(57)52(42(33)56)37-12-13-39(53)48-41(37)55/h4-11,21-24,26-27,37H,2-3,12-20,25H2,1H3,(H,45,54)(H,46,47)(H,48,53,55)/t26-,37?/m0/s1. The molecule has 3 fully saturated rings. The number of aromatic nitrogens is 4. The Hall–Kier alpha value is -6.15. The largest absolute Gasteiger partial charge is 0.371 e. The zero-order valence-electron chi connectivity index (χ0n) is 31.9. The number of imide groups is 2. The summed E-state index contributed by atoms with van der Waals surface area (Å²) < 4.78 is 1.97. The number of piperidine rings is 2. The van der Waals surface area contributed by atoms with Crippen LogP contribution in [0.25, 0.3) is 22.2 Å². The third-order valence-electron chi connectivity index (χ3n) is 12.1. The molecular formula is C43H45N9O5. The van der Waals surface area contributed by atoms with E-state index in [2.05, 4.69) is 37.4 Å². The molecule has 4 aliphatic heterocycles. The van der Waals surface area contributed by atoms with Gasteiger partial charge < -0.3 is 15.2 Å². The smallest absolute Gasteiger partial charge is 0.262 e. The monoisotopic (exact) mass is 767 g/mol. The molecule has 57 heavy (non-hydrogen) atoms. The van der Waals surface area contributed by atoms with Crippen LogP contribution in [0, 0.1) is 5.92 Å². The summed E-state index contributed by atoms with van der Waals surface area (Å²) in [6.07, 6.45) is 9.53. The van der Waals surface area contributed by atoms with Crippen LogP contribution in [0.1, 0.15) is 88.8 Å². The van der Waals surface area contributed by atoms with Gasteiger partial charge in [0.1, 0.15) is 11.9 Å². The third-order valence-corrected chi connectivity index (χ3v) is 12.1. The van der Waals surface area contributed by atoms with Gasteiger partial charge in [0.25, 0.3) is 17.7 Å². The molecule has 5 amide bonds. The van der Waals surface area contributed by atoms with Crippen LogP contribution >= 0.6 is 0 Å². The topological polar surface area (TPSA) is 166 Å². The number of carbonyl (C=O) groups is 5. The summed E-state index contributed by atoms with van der Waals surface area (Å²) in [7, 11) is 0. The number of benzene rings is 3. The SMILES string of the molecule is C[C@H]1CCCN1Cc1nc2ccc(NC(=O)c3ccc(-c4cnn(CCC5CCN(c6ccc7c(c6)C(=O)N(C6CCC(=O)NC6=O)C7=O)CC5)c4)cc3)cc2[nH]1. The van der Waals surface area contributed by atoms with Crippen molar-refractivity contribution in [2.75, 3.05) is 29.9 Å². The van der Waals surface area contributed by atoms with Crippen molar-refractivity contribution in [3.8, 4) is 11.1 Å². The number of fused-ring (bicyclic) bond motifs is 2. The molecular weight excluding hydrogens is 723 g/mol. The second-order valence-electron chi connectivity index (χ2n) is 15.8. The minimum absolute atomic E-state index is 0.0904. The first-order chi connectivity index (χ1) is 27.7. The summed E-state index contributed by atoms with van der Waals surface area (Å²) in [6, 6.07) is 18.2. The Balaban J connectivity index is 0.753. The summed E-state index contributed by atoms with van der Waals surface area (Å²) in [5.41, 5.74) is 6.52. The summed E-state index contributed by atoms with van der Waals surface area (Å²) in [5.74, 6) is -0.701. The first kappa shape index (κ1) is 36.5. The van der Waals surface area contributed by atoms with Gasteiger partial charge in [0.05, 0.1) is 34.9 Å². The number of H-pyrrole nitrogens is 1. The molecule has 0 aliphatic carbocycles. The van der Waals surface area contributed by atoms with E-state index in [4.69, 9.17) is 4.98 Å². The number of likely N-dealkylation sites (tertiary alicyclic amines) is 1. The van der Waals surface area contributed by atoms with Gasteiger partial charge in [0.15, 0.2) is 0 Å². The number of hydrogen-bond donors (Lipinski definition) is 3. The van der Waals surface area contributed by atoms with Crippen LogP contribution in [0.3, 0.4) is 0 Å². The summed E-state index contributed by atoms with van der Waals surface area (Å²) in [5, 5.41) is 9.88. The molecule has 2 atom stereocenters. The van der Waals surface area contributed by atoms with Gasteiger partial charge in [-0.25, -0.2) is 4.98 Å². The molecule has 3 N–H and O–H groups in total. The number of nitrogens with zero attached hydrogens (tertiary/aromatic N) is 6. The van der Waals surface area contributed by atoms with Crippen molar-refractivity contribution in [2.45, 2.75) is 77.0 Å². The fraction of sp³-hybridized carbons (Fsp3) is 0.372. The van der Waals surface area contributed by atoms with Crippen LogP contribution in [0.2, 0.25) is 0 Å². The predicted molar refractivity (Wildman–Crippen MR) is 213 cm³/mol. The molecule has 14 nitrogen and oxygen atoms in total. The van der Waals surface area contributed by atoms with Gasteiger partial charge in [-0.2, -0.15) is 5.10 Å². The second kappa shape index (κ2) is 15.1. The molecule has 0 bridgehead atoms. The van der Waals surface area contributed by atoms with Crippen LogP contribution in [0.15, 0.2) is 73.1 Å². The molecule has 6 heterocycles. The van der Waals surface area contributed by atoms with Gasteiger partial charge in [-0.3, -0.25) is 43.8 Å². The maximum atomic E-state index is 13.3. The van der Waals surface area contributed by atoms with Crippen LogP contribution in [-0.4, -0.2) is 90.8 Å². The van der Waals surface area contributed by atoms with E-state index < -0.39 is 29.7 Å². The number of imidazole rings is 1. The number of carbonyl (C=O) groups excluding carboxylic acids is 5. The lowest BCUT2D eigenvalue weighted by molar-refractivity contribution is -0.136. The Morgan fingerprint density at radius 1 is 0.877 bits per heavy atom. The molecule has 3 aromatic carbocycles. The molecule has 9 rings (SSSR count). The maximum absolute atomic E-state index is 13.3. The van der Waals surface area contributed by atoms with Crippen LogP contribution in [0.4, 0.5) is 11.4 Å². The van der Waals surface area contributed by atoms with E-state index in [9.17, 15) is 24.0 Å². The molecule has 292 valence electrons. The van der Waals surface area contributed by atoms with Crippen molar-refractivity contribution >= 4 is 51.9 Å². The molecule has 2 aromatic heterocycles. The van der Waals surface area contributed by atoms with E-state index in [0.29, 0.717) is 34.3 Å². The minimum atomic E-state index is -0.975. The average Bonchev–Trinajstić information content (AvgIpc) is 4.01. The van der Waals surface area contributed by atoms with Gasteiger partial charge in [-0.15, -0.1) is 0 Å². The van der Waals surface area contributed by atoms with E-state index in [-0.39, 0.29) is 18.7 Å². The van der Waals surface area contributed by atoms with Gasteiger partial charge in [-0.1, -0.05) is 12.1 Å². The van der Waals surface area contributed by atoms with Crippen molar-refractivity contribution in [3.63, 3.8) is 0 Å². The van der Waals surface area contributed by atoms with E-state index >= 15 is 0 Å². The molecule has 5 aromatic rings. The van der Waals surface area contributed by atoms with Crippen LogP contribution in [-0.2, 0) is 22.7 Å². The molecule has 0 radical (unpaired) electrons. The molecule has 4 aliphatic rings. The van der Waals surface area contributed by atoms with Crippen molar-refractivity contribution in [1.29, 1.82) is 0 Å². The highest BCUT2D eigenvalue weighted by atomic mass is 16.2. The van der Waals surface area contributed by atoms with Gasteiger partial charge >= 0.3 is 0 Å². The number of rotatable bonds is 10. The number of nitrogens with one attached hydrogen (secondary N) is 3. The molecule has 14 heteroatoms. The summed E-state index contributed by atoms with van der Waals surface area (Å²) in [4.78, 5) is 77.5. The minimum Gasteiger partial charge on any atom is -0.371 e. The second-order valence-corrected chi connectivity index (χ2v) is 15.8. The Morgan fingerprint density at radius 3 is 2.46 bits per heavy atom. The first-order valence-corrected chi connectivity index (χ1v) is 19.9.